The fourth-order valence-corrected chi connectivity index (χ4v) is 3.59. The van der Waals surface area contributed by atoms with Gasteiger partial charge >= 0.3 is 5.69 Å². The van der Waals surface area contributed by atoms with E-state index >= 15 is 0 Å². The average Bonchev–Trinajstić information content (AvgIpc) is 3.10. The third kappa shape index (κ3) is 3.64. The number of hydrogen-bond acceptors (Lipinski definition) is 5. The number of hydrogen-bond donors (Lipinski definition) is 2. The van der Waals surface area contributed by atoms with Gasteiger partial charge in [0.2, 0.25) is 5.88 Å². The lowest BCUT2D eigenvalue weighted by Crippen LogP contribution is -2.28. The topological polar surface area (TPSA) is 108 Å². The van der Waals surface area contributed by atoms with Crippen molar-refractivity contribution in [1.29, 1.82) is 5.26 Å². The summed E-state index contributed by atoms with van der Waals surface area (Å²) in [5.74, 6) is -0.563. The lowest BCUT2D eigenvalue weighted by molar-refractivity contribution is 0.452. The molecule has 0 saturated carbocycles. The van der Waals surface area contributed by atoms with Crippen molar-refractivity contribution < 1.29 is 5.11 Å². The first-order chi connectivity index (χ1) is 14.2. The molecule has 0 spiro atoms. The van der Waals surface area contributed by atoms with Crippen molar-refractivity contribution in [1.82, 2.24) is 19.5 Å². The molecule has 0 aliphatic carbocycles. The molecule has 0 radical (unpaired) electrons. The van der Waals surface area contributed by atoms with Crippen LogP contribution in [-0.4, -0.2) is 24.6 Å². The van der Waals surface area contributed by atoms with Crippen LogP contribution in [0.1, 0.15) is 34.2 Å². The van der Waals surface area contributed by atoms with Gasteiger partial charge < -0.3 is 5.11 Å². The van der Waals surface area contributed by atoms with Crippen LogP contribution in [0.3, 0.4) is 0 Å². The zero-order chi connectivity index (χ0) is 20.2. The van der Waals surface area contributed by atoms with Gasteiger partial charge in [-0.05, 0) is 41.0 Å². The van der Waals surface area contributed by atoms with Crippen LogP contribution in [-0.2, 0) is 0 Å². The number of aromatic hydroxyl groups is 1. The molecule has 7 heteroatoms. The maximum Gasteiger partial charge on any atom is 0.329 e. The third-order valence-electron chi connectivity index (χ3n) is 4.79. The van der Waals surface area contributed by atoms with Gasteiger partial charge in [-0.15, -0.1) is 0 Å². The highest BCUT2D eigenvalue weighted by Gasteiger charge is 2.30. The Morgan fingerprint density at radius 1 is 1.00 bits per heavy atom. The number of aromatic nitrogens is 4. The number of nitrogens with zero attached hydrogens (tertiary/aromatic N) is 4. The molecular weight excluding hydrogens is 366 g/mol. The highest BCUT2D eigenvalue weighted by Crippen LogP contribution is 2.39. The number of aromatic amines is 1. The van der Waals surface area contributed by atoms with Crippen LogP contribution < -0.4 is 5.69 Å². The second-order valence-corrected chi connectivity index (χ2v) is 6.58. The van der Waals surface area contributed by atoms with Crippen molar-refractivity contribution in [2.45, 2.75) is 12.0 Å². The van der Waals surface area contributed by atoms with Gasteiger partial charge in [-0.1, -0.05) is 24.3 Å². The van der Waals surface area contributed by atoms with Crippen LogP contribution in [0, 0.1) is 11.3 Å². The lowest BCUT2D eigenvalue weighted by Gasteiger charge is -2.29. The van der Waals surface area contributed by atoms with Gasteiger partial charge in [-0.25, -0.2) is 4.79 Å². The number of pyridine rings is 2. The van der Waals surface area contributed by atoms with E-state index in [0.717, 1.165) is 16.7 Å². The minimum Gasteiger partial charge on any atom is -0.493 e. The number of nitrogens with one attached hydrogen (secondary N) is 1. The maximum absolute atomic E-state index is 12.6. The molecule has 2 N–H and O–H groups in total. The molecular formula is C22H17N5O2. The molecule has 0 aliphatic rings. The Labute approximate surface area is 166 Å². The highest BCUT2D eigenvalue weighted by atomic mass is 16.3. The van der Waals surface area contributed by atoms with Crippen molar-refractivity contribution in [3.8, 4) is 11.9 Å². The first-order valence-corrected chi connectivity index (χ1v) is 8.97. The number of imidazole rings is 1. The molecule has 1 unspecified atom stereocenters. The third-order valence-corrected chi connectivity index (χ3v) is 4.79. The number of H-pyrrole nitrogens is 1. The van der Waals surface area contributed by atoms with E-state index < -0.39 is 11.7 Å². The summed E-state index contributed by atoms with van der Waals surface area (Å²) in [6.07, 6.45) is 8.23. The average molecular weight is 383 g/mol. The predicted octanol–water partition coefficient (Wildman–Crippen LogP) is 2.97. The van der Waals surface area contributed by atoms with Crippen LogP contribution in [0.2, 0.25) is 0 Å². The molecule has 4 aromatic rings. The smallest absolute Gasteiger partial charge is 0.329 e. The minimum absolute atomic E-state index is 0.229. The van der Waals surface area contributed by atoms with E-state index in [2.05, 4.69) is 21.0 Å². The van der Waals surface area contributed by atoms with E-state index in [1.807, 2.05) is 30.3 Å². The minimum atomic E-state index is -0.540. The highest BCUT2D eigenvalue weighted by molar-refractivity contribution is 5.40. The largest absolute Gasteiger partial charge is 0.493 e. The second kappa shape index (κ2) is 7.82. The Kier molecular flexibility index (Phi) is 4.91. The Morgan fingerprint density at radius 3 is 2.17 bits per heavy atom. The summed E-state index contributed by atoms with van der Waals surface area (Å²) in [6.45, 7) is 0. The van der Waals surface area contributed by atoms with Crippen LogP contribution in [0.25, 0.3) is 0 Å². The first-order valence-electron chi connectivity index (χ1n) is 8.97. The van der Waals surface area contributed by atoms with E-state index in [1.54, 1.807) is 43.0 Å². The Bertz CT molecular complexity index is 1170. The van der Waals surface area contributed by atoms with Gasteiger partial charge in [0.25, 0.3) is 0 Å². The Balaban J connectivity index is 2.00. The van der Waals surface area contributed by atoms with Crippen LogP contribution in [0.4, 0.5) is 0 Å². The molecule has 0 bridgehead atoms. The summed E-state index contributed by atoms with van der Waals surface area (Å²) in [5, 5.41) is 19.3. The van der Waals surface area contributed by atoms with Gasteiger partial charge in [0.1, 0.15) is 0 Å². The lowest BCUT2D eigenvalue weighted by atomic mass is 9.82. The van der Waals surface area contributed by atoms with Gasteiger partial charge in [-0.2, -0.15) is 5.26 Å². The zero-order valence-electron chi connectivity index (χ0n) is 15.3. The molecule has 142 valence electrons. The first kappa shape index (κ1) is 18.2. The normalized spacial score (nSPS) is 11.9. The van der Waals surface area contributed by atoms with Gasteiger partial charge in [0.15, 0.2) is 0 Å². The molecule has 7 nitrogen and oxygen atoms in total. The van der Waals surface area contributed by atoms with Crippen molar-refractivity contribution >= 4 is 0 Å². The summed E-state index contributed by atoms with van der Waals surface area (Å²) >= 11 is 0. The zero-order valence-corrected chi connectivity index (χ0v) is 15.3. The molecule has 0 aliphatic heterocycles. The van der Waals surface area contributed by atoms with E-state index in [4.69, 9.17) is 0 Å². The maximum atomic E-state index is 12.6. The summed E-state index contributed by atoms with van der Waals surface area (Å²) < 4.78 is 1.44. The fourth-order valence-electron chi connectivity index (χ4n) is 3.59. The Morgan fingerprint density at radius 2 is 1.66 bits per heavy atom. The molecule has 3 heterocycles. The van der Waals surface area contributed by atoms with Crippen LogP contribution in [0.5, 0.6) is 5.88 Å². The fraction of sp³-hybridized carbons (Fsp3) is 0.0909. The molecule has 0 saturated heterocycles. The Hall–Kier alpha value is -4.18. The SMILES string of the molecule is N#Cc1cccc(C(C(c2cccnc2)c2cccnc2)n2cc(O)[nH]c2=O)c1. The van der Waals surface area contributed by atoms with E-state index in [-0.39, 0.29) is 11.8 Å². The van der Waals surface area contributed by atoms with Crippen LogP contribution in [0.15, 0.2) is 84.3 Å². The van der Waals surface area contributed by atoms with Gasteiger partial charge in [-0.3, -0.25) is 19.5 Å². The van der Waals surface area contributed by atoms with E-state index in [9.17, 15) is 15.2 Å². The van der Waals surface area contributed by atoms with E-state index in [0.29, 0.717) is 5.56 Å². The monoisotopic (exact) mass is 383 g/mol. The van der Waals surface area contributed by atoms with Crippen molar-refractivity contribution in [3.63, 3.8) is 0 Å². The van der Waals surface area contributed by atoms with Gasteiger partial charge in [0, 0.05) is 30.7 Å². The van der Waals surface area contributed by atoms with Crippen molar-refractivity contribution in [2.75, 3.05) is 0 Å². The second-order valence-electron chi connectivity index (χ2n) is 6.58. The van der Waals surface area contributed by atoms with Crippen molar-refractivity contribution in [3.05, 3.63) is 112 Å². The molecule has 1 atom stereocenters. The predicted molar refractivity (Wildman–Crippen MR) is 106 cm³/mol. The van der Waals surface area contributed by atoms with E-state index in [1.165, 1.54) is 10.8 Å². The van der Waals surface area contributed by atoms with Crippen LogP contribution >= 0.6 is 0 Å². The molecule has 0 amide bonds. The molecule has 1 aromatic carbocycles. The molecule has 4 rings (SSSR count). The molecule has 0 fully saturated rings. The van der Waals surface area contributed by atoms with Gasteiger partial charge in [0.05, 0.1) is 23.9 Å². The number of rotatable bonds is 5. The summed E-state index contributed by atoms with van der Waals surface area (Å²) in [7, 11) is 0. The quantitative estimate of drug-likeness (QED) is 0.551. The summed E-state index contributed by atoms with van der Waals surface area (Å²) in [4.78, 5) is 23.5. The molecule has 29 heavy (non-hydrogen) atoms. The number of nitriles is 1. The summed E-state index contributed by atoms with van der Waals surface area (Å²) in [6, 6.07) is 16.2. The van der Waals surface area contributed by atoms with Crippen molar-refractivity contribution in [2.24, 2.45) is 0 Å². The summed E-state index contributed by atoms with van der Waals surface area (Å²) in [5.41, 5.74) is 2.54. The number of benzene rings is 1. The molecule has 3 aromatic heterocycles. The standard InChI is InChI=1S/C22H17N5O2/c23-11-15-4-1-5-16(10-15)21(27-14-19(28)26-22(27)29)20(17-6-2-8-24-12-17)18-7-3-9-25-13-18/h1-10,12-14,20-21,28H,(H,26,29).